The van der Waals surface area contributed by atoms with Crippen LogP contribution in [0.4, 0.5) is 5.69 Å². The fourth-order valence-corrected chi connectivity index (χ4v) is 3.02. The molecule has 1 aliphatic rings. The number of carbonyl (C=O) groups excluding carboxylic acids is 2. The van der Waals surface area contributed by atoms with Crippen molar-refractivity contribution < 1.29 is 19.1 Å². The second kappa shape index (κ2) is 7.91. The van der Waals surface area contributed by atoms with Crippen molar-refractivity contribution in [2.75, 3.05) is 24.7 Å². The molecule has 0 spiro atoms. The monoisotopic (exact) mass is 354 g/mol. The minimum atomic E-state index is -0.695. The van der Waals surface area contributed by atoms with Crippen LogP contribution in [-0.2, 0) is 9.59 Å². The van der Waals surface area contributed by atoms with Gasteiger partial charge in [-0.1, -0.05) is 18.2 Å². The zero-order valence-electron chi connectivity index (χ0n) is 14.9. The number of para-hydroxylation sites is 1. The lowest BCUT2D eigenvalue weighted by Crippen LogP contribution is -2.38. The van der Waals surface area contributed by atoms with Gasteiger partial charge in [0, 0.05) is 18.2 Å². The molecule has 0 saturated carbocycles. The maximum Gasteiger partial charge on any atom is 0.254 e. The van der Waals surface area contributed by atoms with Crippen LogP contribution < -0.4 is 19.7 Å². The average Bonchev–Trinajstić information content (AvgIpc) is 2.88. The maximum absolute atomic E-state index is 12.8. The van der Waals surface area contributed by atoms with Gasteiger partial charge in [0.2, 0.25) is 5.91 Å². The number of amides is 2. The van der Waals surface area contributed by atoms with Crippen molar-refractivity contribution in [2.24, 2.45) is 0 Å². The largest absolute Gasteiger partial charge is 0.494 e. The molecule has 0 bridgehead atoms. The summed E-state index contributed by atoms with van der Waals surface area (Å²) in [4.78, 5) is 26.0. The SMILES string of the molecule is CCOc1ccc2c(c1)[C@@H](NC(C)=O)C(=O)N2CCOc1ccccc1. The molecule has 0 radical (unpaired) electrons. The fourth-order valence-electron chi connectivity index (χ4n) is 3.02. The number of hydrogen-bond acceptors (Lipinski definition) is 4. The third-order valence-electron chi connectivity index (χ3n) is 4.10. The molecule has 1 heterocycles. The minimum Gasteiger partial charge on any atom is -0.494 e. The lowest BCUT2D eigenvalue weighted by atomic mass is 10.1. The van der Waals surface area contributed by atoms with Gasteiger partial charge in [0.15, 0.2) is 0 Å². The highest BCUT2D eigenvalue weighted by molar-refractivity contribution is 6.06. The van der Waals surface area contributed by atoms with Crippen LogP contribution in [0.25, 0.3) is 0 Å². The highest BCUT2D eigenvalue weighted by atomic mass is 16.5. The minimum absolute atomic E-state index is 0.166. The molecule has 6 heteroatoms. The molecular formula is C20H22N2O4. The van der Waals surface area contributed by atoms with Gasteiger partial charge in [-0.25, -0.2) is 0 Å². The van der Waals surface area contributed by atoms with Crippen LogP contribution >= 0.6 is 0 Å². The standard InChI is InChI=1S/C20H22N2O4/c1-3-25-16-9-10-18-17(13-16)19(21-14(2)23)20(24)22(18)11-12-26-15-7-5-4-6-8-15/h4-10,13,19H,3,11-12H2,1-2H3,(H,21,23)/t19-/m1/s1. The topological polar surface area (TPSA) is 67.9 Å². The molecule has 1 atom stereocenters. The Kier molecular flexibility index (Phi) is 5.41. The molecule has 2 amide bonds. The number of benzene rings is 2. The van der Waals surface area contributed by atoms with E-state index in [1.165, 1.54) is 6.92 Å². The van der Waals surface area contributed by atoms with Crippen LogP contribution in [0.5, 0.6) is 11.5 Å². The molecule has 0 aliphatic carbocycles. The fraction of sp³-hybridized carbons (Fsp3) is 0.300. The number of ether oxygens (including phenoxy) is 2. The van der Waals surface area contributed by atoms with Crippen molar-refractivity contribution in [2.45, 2.75) is 19.9 Å². The molecule has 1 N–H and O–H groups in total. The van der Waals surface area contributed by atoms with E-state index < -0.39 is 6.04 Å². The van der Waals surface area contributed by atoms with Gasteiger partial charge in [-0.05, 0) is 37.3 Å². The quantitative estimate of drug-likeness (QED) is 0.830. The molecule has 0 fully saturated rings. The van der Waals surface area contributed by atoms with E-state index in [9.17, 15) is 9.59 Å². The molecule has 6 nitrogen and oxygen atoms in total. The molecular weight excluding hydrogens is 332 g/mol. The Balaban J connectivity index is 1.78. The van der Waals surface area contributed by atoms with E-state index in [1.807, 2.05) is 55.5 Å². The van der Waals surface area contributed by atoms with E-state index in [0.717, 1.165) is 17.0 Å². The summed E-state index contributed by atoms with van der Waals surface area (Å²) < 4.78 is 11.2. The second-order valence-electron chi connectivity index (χ2n) is 5.94. The molecule has 3 rings (SSSR count). The summed E-state index contributed by atoms with van der Waals surface area (Å²) in [7, 11) is 0. The Hall–Kier alpha value is -3.02. The van der Waals surface area contributed by atoms with Crippen molar-refractivity contribution in [3.63, 3.8) is 0 Å². The Morgan fingerprint density at radius 2 is 1.88 bits per heavy atom. The lowest BCUT2D eigenvalue weighted by molar-refractivity contribution is -0.126. The number of nitrogens with one attached hydrogen (secondary N) is 1. The smallest absolute Gasteiger partial charge is 0.254 e. The van der Waals surface area contributed by atoms with Gasteiger partial charge in [0.05, 0.1) is 13.2 Å². The van der Waals surface area contributed by atoms with Gasteiger partial charge in [-0.3, -0.25) is 9.59 Å². The third kappa shape index (κ3) is 3.79. The summed E-state index contributed by atoms with van der Waals surface area (Å²) in [5.74, 6) is 1.01. The van der Waals surface area contributed by atoms with E-state index in [0.29, 0.717) is 25.5 Å². The predicted molar refractivity (Wildman–Crippen MR) is 98.5 cm³/mol. The van der Waals surface area contributed by atoms with Crippen LogP contribution in [0, 0.1) is 0 Å². The van der Waals surface area contributed by atoms with Crippen molar-refractivity contribution in [3.8, 4) is 11.5 Å². The third-order valence-corrected chi connectivity index (χ3v) is 4.10. The van der Waals surface area contributed by atoms with Gasteiger partial charge in [-0.15, -0.1) is 0 Å². The van der Waals surface area contributed by atoms with E-state index in [-0.39, 0.29) is 11.8 Å². The molecule has 26 heavy (non-hydrogen) atoms. The summed E-state index contributed by atoms with van der Waals surface area (Å²) in [5, 5.41) is 2.73. The zero-order chi connectivity index (χ0) is 18.5. The van der Waals surface area contributed by atoms with E-state index in [1.54, 1.807) is 4.90 Å². The molecule has 2 aromatic rings. The van der Waals surface area contributed by atoms with Crippen LogP contribution in [0.1, 0.15) is 25.5 Å². The molecule has 0 saturated heterocycles. The summed E-state index contributed by atoms with van der Waals surface area (Å²) in [6.45, 7) is 4.59. The molecule has 136 valence electrons. The number of fused-ring (bicyclic) bond motifs is 1. The van der Waals surface area contributed by atoms with Gasteiger partial charge in [-0.2, -0.15) is 0 Å². The molecule has 1 aliphatic heterocycles. The highest BCUT2D eigenvalue weighted by Gasteiger charge is 2.38. The van der Waals surface area contributed by atoms with Crippen molar-refractivity contribution in [1.82, 2.24) is 5.32 Å². The van der Waals surface area contributed by atoms with Gasteiger partial charge in [0.25, 0.3) is 5.91 Å². The first-order valence-electron chi connectivity index (χ1n) is 8.63. The van der Waals surface area contributed by atoms with Crippen molar-refractivity contribution >= 4 is 17.5 Å². The van der Waals surface area contributed by atoms with E-state index in [2.05, 4.69) is 5.32 Å². The van der Waals surface area contributed by atoms with Crippen LogP contribution in [0.15, 0.2) is 48.5 Å². The number of hydrogen-bond donors (Lipinski definition) is 1. The maximum atomic E-state index is 12.8. The van der Waals surface area contributed by atoms with Crippen LogP contribution in [-0.4, -0.2) is 31.6 Å². The zero-order valence-corrected chi connectivity index (χ0v) is 14.9. The molecule has 2 aromatic carbocycles. The summed E-state index contributed by atoms with van der Waals surface area (Å²) in [6.07, 6.45) is 0. The van der Waals surface area contributed by atoms with Gasteiger partial charge in [0.1, 0.15) is 24.1 Å². The van der Waals surface area contributed by atoms with Crippen molar-refractivity contribution in [1.29, 1.82) is 0 Å². The summed E-state index contributed by atoms with van der Waals surface area (Å²) >= 11 is 0. The molecule has 0 unspecified atom stereocenters. The first kappa shape index (κ1) is 17.8. The summed E-state index contributed by atoms with van der Waals surface area (Å²) in [6, 6.07) is 14.2. The van der Waals surface area contributed by atoms with Crippen LogP contribution in [0.2, 0.25) is 0 Å². The first-order valence-corrected chi connectivity index (χ1v) is 8.63. The normalized spacial score (nSPS) is 15.5. The Bertz CT molecular complexity index is 792. The molecule has 0 aromatic heterocycles. The predicted octanol–water partition coefficient (Wildman–Crippen LogP) is 2.69. The number of nitrogens with zero attached hydrogens (tertiary/aromatic N) is 1. The Morgan fingerprint density at radius 1 is 1.12 bits per heavy atom. The van der Waals surface area contributed by atoms with Crippen LogP contribution in [0.3, 0.4) is 0 Å². The Morgan fingerprint density at radius 3 is 2.58 bits per heavy atom. The summed E-state index contributed by atoms with van der Waals surface area (Å²) in [5.41, 5.74) is 1.52. The first-order chi connectivity index (χ1) is 12.6. The van der Waals surface area contributed by atoms with Crippen molar-refractivity contribution in [3.05, 3.63) is 54.1 Å². The Labute approximate surface area is 152 Å². The second-order valence-corrected chi connectivity index (χ2v) is 5.94. The number of carbonyl (C=O) groups is 2. The highest BCUT2D eigenvalue weighted by Crippen LogP contribution is 2.38. The van der Waals surface area contributed by atoms with E-state index >= 15 is 0 Å². The lowest BCUT2D eigenvalue weighted by Gasteiger charge is -2.18. The van der Waals surface area contributed by atoms with E-state index in [4.69, 9.17) is 9.47 Å². The average molecular weight is 354 g/mol. The number of anilines is 1. The van der Waals surface area contributed by atoms with Gasteiger partial charge >= 0.3 is 0 Å². The number of rotatable bonds is 7. The van der Waals surface area contributed by atoms with Gasteiger partial charge < -0.3 is 19.7 Å².